The van der Waals surface area contributed by atoms with E-state index in [-0.39, 0.29) is 17.4 Å². The van der Waals surface area contributed by atoms with E-state index >= 15 is 0 Å². The first-order valence-corrected chi connectivity index (χ1v) is 11.3. The average Bonchev–Trinajstić information content (AvgIpc) is 3.17. The van der Waals surface area contributed by atoms with Gasteiger partial charge in [-0.2, -0.15) is 5.10 Å². The average molecular weight is 461 g/mol. The summed E-state index contributed by atoms with van der Waals surface area (Å²) in [5, 5.41) is 14.4. The number of para-hydroxylation sites is 2. The zero-order chi connectivity index (χ0) is 23.2. The summed E-state index contributed by atoms with van der Waals surface area (Å²) in [5.41, 5.74) is 7.53. The molecule has 0 saturated carbocycles. The zero-order valence-corrected chi connectivity index (χ0v) is 19.2. The third-order valence-corrected chi connectivity index (χ3v) is 6.00. The normalized spacial score (nSPS) is 11.2. The van der Waals surface area contributed by atoms with Gasteiger partial charge in [0.25, 0.3) is 5.91 Å². The molecule has 0 bridgehead atoms. The van der Waals surface area contributed by atoms with E-state index in [9.17, 15) is 9.90 Å². The van der Waals surface area contributed by atoms with Gasteiger partial charge in [0.15, 0.2) is 16.7 Å². The van der Waals surface area contributed by atoms with E-state index in [1.165, 1.54) is 42.3 Å². The van der Waals surface area contributed by atoms with Crippen LogP contribution in [-0.4, -0.2) is 39.6 Å². The number of hydrazone groups is 1. The minimum atomic E-state index is -0.240. The summed E-state index contributed by atoms with van der Waals surface area (Å²) in [7, 11) is 1.47. The predicted molar refractivity (Wildman–Crippen MR) is 131 cm³/mol. The smallest absolute Gasteiger partial charge is 0.250 e. The Morgan fingerprint density at radius 3 is 2.76 bits per heavy atom. The largest absolute Gasteiger partial charge is 0.504 e. The molecule has 0 aliphatic carbocycles. The Bertz CT molecular complexity index is 1300. The quantitative estimate of drug-likeness (QED) is 0.232. The van der Waals surface area contributed by atoms with E-state index in [2.05, 4.69) is 46.3 Å². The molecule has 2 N–H and O–H groups in total. The highest BCUT2D eigenvalue weighted by Crippen LogP contribution is 2.26. The first kappa shape index (κ1) is 22.4. The summed E-state index contributed by atoms with van der Waals surface area (Å²) in [6.45, 7) is 2.74. The molecule has 3 aromatic carbocycles. The molecular weight excluding hydrogens is 436 g/mol. The molecule has 8 heteroatoms. The molecule has 1 aromatic heterocycles. The molecule has 0 fully saturated rings. The number of aromatic nitrogens is 2. The zero-order valence-electron chi connectivity index (χ0n) is 18.4. The molecule has 0 atom stereocenters. The molecule has 4 rings (SSSR count). The number of rotatable bonds is 8. The fourth-order valence-corrected chi connectivity index (χ4v) is 4.11. The molecule has 7 nitrogen and oxygen atoms in total. The van der Waals surface area contributed by atoms with Crippen LogP contribution in [-0.2, 0) is 11.3 Å². The van der Waals surface area contributed by atoms with Crippen LogP contribution in [0.25, 0.3) is 11.0 Å². The number of nitrogens with zero attached hydrogens (tertiary/aromatic N) is 3. The number of fused-ring (bicyclic) bond motifs is 1. The van der Waals surface area contributed by atoms with Crippen LogP contribution in [0.1, 0.15) is 16.7 Å². The number of ether oxygens (including phenoxy) is 1. The van der Waals surface area contributed by atoms with Gasteiger partial charge in [-0.25, -0.2) is 10.4 Å². The number of carbonyl (C=O) groups is 1. The van der Waals surface area contributed by atoms with Crippen molar-refractivity contribution in [1.29, 1.82) is 0 Å². The van der Waals surface area contributed by atoms with Crippen molar-refractivity contribution in [2.24, 2.45) is 5.10 Å². The van der Waals surface area contributed by atoms with E-state index < -0.39 is 0 Å². The number of carbonyl (C=O) groups excluding carboxylic acids is 1. The van der Waals surface area contributed by atoms with Crippen molar-refractivity contribution in [3.63, 3.8) is 0 Å². The van der Waals surface area contributed by atoms with Gasteiger partial charge >= 0.3 is 0 Å². The highest BCUT2D eigenvalue weighted by molar-refractivity contribution is 7.99. The van der Waals surface area contributed by atoms with Gasteiger partial charge in [-0.05, 0) is 48.4 Å². The number of thioether (sulfide) groups is 1. The summed E-state index contributed by atoms with van der Waals surface area (Å²) in [6, 6.07) is 21.2. The Hall–Kier alpha value is -3.78. The lowest BCUT2D eigenvalue weighted by atomic mass is 10.1. The molecule has 4 aromatic rings. The number of amides is 1. The van der Waals surface area contributed by atoms with Crippen LogP contribution in [0, 0.1) is 6.92 Å². The van der Waals surface area contributed by atoms with E-state index in [1.54, 1.807) is 12.1 Å². The summed E-state index contributed by atoms with van der Waals surface area (Å²) in [6.07, 6.45) is 1.50. The predicted octanol–water partition coefficient (Wildman–Crippen LogP) is 4.35. The van der Waals surface area contributed by atoms with Crippen molar-refractivity contribution in [1.82, 2.24) is 15.0 Å². The third-order valence-electron chi connectivity index (χ3n) is 5.02. The SMILES string of the molecule is COc1cc(C=NNC(=O)CSc2nc3ccccc3n2Cc2ccc(C)cc2)ccc1O. The van der Waals surface area contributed by atoms with Crippen LogP contribution in [0.2, 0.25) is 0 Å². The van der Waals surface area contributed by atoms with Gasteiger partial charge in [0, 0.05) is 0 Å². The van der Waals surface area contributed by atoms with Gasteiger partial charge in [-0.3, -0.25) is 4.79 Å². The van der Waals surface area contributed by atoms with E-state index in [4.69, 9.17) is 9.72 Å². The van der Waals surface area contributed by atoms with Gasteiger partial charge in [0.1, 0.15) is 0 Å². The molecule has 168 valence electrons. The van der Waals surface area contributed by atoms with Crippen molar-refractivity contribution in [3.05, 3.63) is 83.4 Å². The van der Waals surface area contributed by atoms with Crippen molar-refractivity contribution in [3.8, 4) is 11.5 Å². The van der Waals surface area contributed by atoms with Crippen molar-refractivity contribution in [2.75, 3.05) is 12.9 Å². The first-order valence-electron chi connectivity index (χ1n) is 10.4. The van der Waals surface area contributed by atoms with Crippen LogP contribution in [0.3, 0.4) is 0 Å². The number of nitrogens with one attached hydrogen (secondary N) is 1. The first-order chi connectivity index (χ1) is 16.0. The molecule has 1 heterocycles. The number of methoxy groups -OCH3 is 1. The number of phenols is 1. The number of hydrogen-bond acceptors (Lipinski definition) is 6. The Morgan fingerprint density at radius 2 is 1.97 bits per heavy atom. The molecule has 0 saturated heterocycles. The van der Waals surface area contributed by atoms with Gasteiger partial charge in [0.2, 0.25) is 0 Å². The third kappa shape index (κ3) is 5.53. The maximum atomic E-state index is 12.4. The van der Waals surface area contributed by atoms with Crippen LogP contribution in [0.5, 0.6) is 11.5 Å². The van der Waals surface area contributed by atoms with Crippen LogP contribution < -0.4 is 10.2 Å². The van der Waals surface area contributed by atoms with Crippen LogP contribution in [0.15, 0.2) is 77.0 Å². The molecule has 0 aliphatic rings. The van der Waals surface area contributed by atoms with Crippen molar-refractivity contribution in [2.45, 2.75) is 18.6 Å². The lowest BCUT2D eigenvalue weighted by Crippen LogP contribution is -2.20. The number of imidazole rings is 1. The fraction of sp³-hybridized carbons (Fsp3) is 0.160. The minimum Gasteiger partial charge on any atom is -0.504 e. The maximum Gasteiger partial charge on any atom is 0.250 e. The minimum absolute atomic E-state index is 0.0450. The molecule has 1 amide bonds. The molecular formula is C25H24N4O3S. The molecule has 33 heavy (non-hydrogen) atoms. The summed E-state index contributed by atoms with van der Waals surface area (Å²) < 4.78 is 7.20. The second kappa shape index (κ2) is 10.2. The van der Waals surface area contributed by atoms with Gasteiger partial charge in [-0.1, -0.05) is 53.7 Å². The number of hydrogen-bond donors (Lipinski definition) is 2. The lowest BCUT2D eigenvalue weighted by Gasteiger charge is -2.09. The molecule has 0 unspecified atom stereocenters. The molecule has 0 radical (unpaired) electrons. The topological polar surface area (TPSA) is 88.7 Å². The van der Waals surface area contributed by atoms with E-state index in [0.717, 1.165) is 16.2 Å². The van der Waals surface area contributed by atoms with Gasteiger partial charge < -0.3 is 14.4 Å². The van der Waals surface area contributed by atoms with Crippen molar-refractivity contribution < 1.29 is 14.6 Å². The number of aromatic hydroxyl groups is 1. The van der Waals surface area contributed by atoms with E-state index in [0.29, 0.717) is 17.9 Å². The number of phenolic OH excluding ortho intramolecular Hbond substituents is 1. The maximum absolute atomic E-state index is 12.4. The molecule has 0 spiro atoms. The fourth-order valence-electron chi connectivity index (χ4n) is 3.31. The van der Waals surface area contributed by atoms with Crippen molar-refractivity contribution >= 4 is 34.9 Å². The summed E-state index contributed by atoms with van der Waals surface area (Å²) in [5.74, 6) is 0.320. The Morgan fingerprint density at radius 1 is 1.18 bits per heavy atom. The number of benzene rings is 3. The number of aryl methyl sites for hydroxylation is 1. The summed E-state index contributed by atoms with van der Waals surface area (Å²) in [4.78, 5) is 17.1. The standard InChI is InChI=1S/C25H24N4O3S/c1-17-7-9-18(10-8-17)15-29-21-6-4-3-5-20(21)27-25(29)33-16-24(31)28-26-14-19-11-12-22(30)23(13-19)32-2/h3-14,30H,15-16H2,1-2H3,(H,28,31). The summed E-state index contributed by atoms with van der Waals surface area (Å²) >= 11 is 1.37. The lowest BCUT2D eigenvalue weighted by molar-refractivity contribution is -0.118. The van der Waals surface area contributed by atoms with Crippen LogP contribution >= 0.6 is 11.8 Å². The van der Waals surface area contributed by atoms with Gasteiger partial charge in [-0.15, -0.1) is 0 Å². The highest BCUT2D eigenvalue weighted by Gasteiger charge is 2.13. The Balaban J connectivity index is 1.43. The van der Waals surface area contributed by atoms with Gasteiger partial charge in [0.05, 0.1) is 36.7 Å². The molecule has 0 aliphatic heterocycles. The Kier molecular flexibility index (Phi) is 6.95. The highest BCUT2D eigenvalue weighted by atomic mass is 32.2. The van der Waals surface area contributed by atoms with E-state index in [1.807, 2.05) is 24.3 Å². The monoisotopic (exact) mass is 460 g/mol. The second-order valence-corrected chi connectivity index (χ2v) is 8.41. The van der Waals surface area contributed by atoms with Crippen LogP contribution in [0.4, 0.5) is 0 Å². The second-order valence-electron chi connectivity index (χ2n) is 7.47. The Labute approximate surface area is 196 Å².